The van der Waals surface area contributed by atoms with Crippen LogP contribution in [0, 0.1) is 0 Å². The molecule has 1 aromatic heterocycles. The Balaban J connectivity index is 0.00000146. The van der Waals surface area contributed by atoms with Gasteiger partial charge < -0.3 is 10.4 Å². The van der Waals surface area contributed by atoms with Gasteiger partial charge in [-0.05, 0) is 31.7 Å². The Morgan fingerprint density at radius 2 is 1.88 bits per heavy atom. The SMILES string of the molecule is Cl.Cn1nc(C(=O)NC2CC3CC4CC(C2)N34)c2cccc(O)c21. The summed E-state index contributed by atoms with van der Waals surface area (Å²) in [5.74, 6) is 0.0229. The van der Waals surface area contributed by atoms with Crippen LogP contribution >= 0.6 is 12.4 Å². The molecule has 2 atom stereocenters. The van der Waals surface area contributed by atoms with E-state index in [1.165, 1.54) is 12.8 Å². The van der Waals surface area contributed by atoms with Gasteiger partial charge in [0.25, 0.3) is 5.91 Å². The topological polar surface area (TPSA) is 70.4 Å². The number of halogens is 1. The Morgan fingerprint density at radius 1 is 1.21 bits per heavy atom. The first-order valence-corrected chi connectivity index (χ1v) is 8.35. The molecule has 6 nitrogen and oxygen atoms in total. The van der Waals surface area contributed by atoms with Gasteiger partial charge in [0.1, 0.15) is 11.3 Å². The molecule has 0 bridgehead atoms. The van der Waals surface area contributed by atoms with Crippen molar-refractivity contribution in [2.75, 3.05) is 0 Å². The third-order valence-electron chi connectivity index (χ3n) is 5.86. The lowest BCUT2D eigenvalue weighted by Crippen LogP contribution is -2.74. The molecule has 5 rings (SSSR count). The highest BCUT2D eigenvalue weighted by atomic mass is 35.5. The molecule has 1 amide bonds. The van der Waals surface area contributed by atoms with Gasteiger partial charge in [-0.15, -0.1) is 12.4 Å². The molecule has 2 unspecified atom stereocenters. The Labute approximate surface area is 146 Å². The van der Waals surface area contributed by atoms with Crippen molar-refractivity contribution in [2.45, 2.75) is 49.9 Å². The first-order valence-electron chi connectivity index (χ1n) is 8.35. The molecule has 0 saturated carbocycles. The molecule has 2 aromatic rings. The summed E-state index contributed by atoms with van der Waals surface area (Å²) in [6.45, 7) is 0. The summed E-state index contributed by atoms with van der Waals surface area (Å²) in [5, 5.41) is 18.2. The van der Waals surface area contributed by atoms with Gasteiger partial charge in [0, 0.05) is 36.6 Å². The molecule has 2 N–H and O–H groups in total. The normalized spacial score (nSPS) is 30.7. The fourth-order valence-electron chi connectivity index (χ4n) is 4.87. The van der Waals surface area contributed by atoms with Crippen molar-refractivity contribution < 1.29 is 9.90 Å². The van der Waals surface area contributed by atoms with E-state index in [-0.39, 0.29) is 30.1 Å². The first-order chi connectivity index (χ1) is 11.1. The van der Waals surface area contributed by atoms with E-state index >= 15 is 0 Å². The van der Waals surface area contributed by atoms with Gasteiger partial charge in [-0.1, -0.05) is 12.1 Å². The van der Waals surface area contributed by atoms with Crippen LogP contribution in [-0.4, -0.2) is 49.9 Å². The number of phenolic OH excluding ortho intramolecular Hbond substituents is 1. The molecular weight excluding hydrogens is 328 g/mol. The Hall–Kier alpha value is -1.79. The van der Waals surface area contributed by atoms with Gasteiger partial charge >= 0.3 is 0 Å². The van der Waals surface area contributed by atoms with Crippen molar-refractivity contribution in [3.63, 3.8) is 0 Å². The molecule has 3 aliphatic rings. The van der Waals surface area contributed by atoms with Crippen LogP contribution in [0.2, 0.25) is 0 Å². The molecule has 0 spiro atoms. The van der Waals surface area contributed by atoms with Gasteiger partial charge in [-0.3, -0.25) is 14.4 Å². The average molecular weight is 349 g/mol. The van der Waals surface area contributed by atoms with Gasteiger partial charge in [0.05, 0.1) is 0 Å². The molecule has 0 radical (unpaired) electrons. The number of benzene rings is 1. The molecule has 3 fully saturated rings. The number of fused-ring (bicyclic) bond motifs is 1. The zero-order chi connectivity index (χ0) is 15.7. The summed E-state index contributed by atoms with van der Waals surface area (Å²) in [7, 11) is 1.75. The lowest BCUT2D eigenvalue weighted by atomic mass is 9.68. The number of phenols is 1. The lowest BCUT2D eigenvalue weighted by Gasteiger charge is -2.66. The van der Waals surface area contributed by atoms with Crippen molar-refractivity contribution in [3.05, 3.63) is 23.9 Å². The highest BCUT2D eigenvalue weighted by molar-refractivity contribution is 6.06. The summed E-state index contributed by atoms with van der Waals surface area (Å²) >= 11 is 0. The third kappa shape index (κ3) is 2.06. The van der Waals surface area contributed by atoms with E-state index in [1.54, 1.807) is 23.9 Å². The molecule has 4 heterocycles. The van der Waals surface area contributed by atoms with Crippen LogP contribution in [0.1, 0.15) is 36.2 Å². The fourth-order valence-corrected chi connectivity index (χ4v) is 4.87. The predicted octanol–water partition coefficient (Wildman–Crippen LogP) is 1.81. The maximum Gasteiger partial charge on any atom is 0.272 e. The molecule has 7 heteroatoms. The highest BCUT2D eigenvalue weighted by Crippen LogP contribution is 2.48. The fraction of sp³-hybridized carbons (Fsp3) is 0.529. The zero-order valence-electron chi connectivity index (χ0n) is 13.5. The minimum Gasteiger partial charge on any atom is -0.506 e. The van der Waals surface area contributed by atoms with E-state index < -0.39 is 0 Å². The number of rotatable bonds is 2. The number of carbonyl (C=O) groups is 1. The molecule has 3 saturated heterocycles. The number of para-hydroxylation sites is 1. The number of amides is 1. The predicted molar refractivity (Wildman–Crippen MR) is 92.6 cm³/mol. The number of hydrogen-bond acceptors (Lipinski definition) is 4. The summed E-state index contributed by atoms with van der Waals surface area (Å²) in [4.78, 5) is 15.3. The third-order valence-corrected chi connectivity index (χ3v) is 5.86. The summed E-state index contributed by atoms with van der Waals surface area (Å²) < 4.78 is 1.57. The van der Waals surface area contributed by atoms with Gasteiger partial charge in [-0.25, -0.2) is 0 Å². The number of aromatic nitrogens is 2. The van der Waals surface area contributed by atoms with Gasteiger partial charge in [-0.2, -0.15) is 5.10 Å². The average Bonchev–Trinajstić information content (AvgIpc) is 2.81. The van der Waals surface area contributed by atoms with Gasteiger partial charge in [0.15, 0.2) is 5.69 Å². The maximum absolute atomic E-state index is 12.7. The number of aryl methyl sites for hydroxylation is 1. The smallest absolute Gasteiger partial charge is 0.272 e. The largest absolute Gasteiger partial charge is 0.506 e. The van der Waals surface area contributed by atoms with Crippen LogP contribution in [0.25, 0.3) is 10.9 Å². The van der Waals surface area contributed by atoms with Crippen LogP contribution in [-0.2, 0) is 7.05 Å². The molecule has 128 valence electrons. The summed E-state index contributed by atoms with van der Waals surface area (Å²) in [5.41, 5.74) is 1.01. The molecule has 0 aliphatic carbocycles. The van der Waals surface area contributed by atoms with E-state index in [0.29, 0.717) is 28.7 Å². The minimum absolute atomic E-state index is 0. The Kier molecular flexibility index (Phi) is 3.51. The van der Waals surface area contributed by atoms with Crippen LogP contribution in [0.5, 0.6) is 5.75 Å². The monoisotopic (exact) mass is 348 g/mol. The summed E-state index contributed by atoms with van der Waals surface area (Å²) in [6, 6.07) is 7.61. The van der Waals surface area contributed by atoms with Crippen LogP contribution in [0.3, 0.4) is 0 Å². The van der Waals surface area contributed by atoms with E-state index in [4.69, 9.17) is 0 Å². The van der Waals surface area contributed by atoms with E-state index in [1.807, 2.05) is 6.07 Å². The number of aromatic hydroxyl groups is 1. The van der Waals surface area contributed by atoms with Crippen molar-refractivity contribution in [1.82, 2.24) is 20.0 Å². The second-order valence-electron chi connectivity index (χ2n) is 7.17. The van der Waals surface area contributed by atoms with Crippen molar-refractivity contribution in [1.29, 1.82) is 0 Å². The van der Waals surface area contributed by atoms with Crippen LogP contribution in [0.15, 0.2) is 18.2 Å². The molecule has 24 heavy (non-hydrogen) atoms. The number of nitrogens with one attached hydrogen (secondary N) is 1. The first kappa shape index (κ1) is 15.7. The van der Waals surface area contributed by atoms with E-state index in [2.05, 4.69) is 15.3 Å². The number of nitrogens with zero attached hydrogens (tertiary/aromatic N) is 3. The van der Waals surface area contributed by atoms with E-state index in [9.17, 15) is 9.90 Å². The number of piperidine rings is 2. The quantitative estimate of drug-likeness (QED) is 0.868. The minimum atomic E-state index is -0.130. The van der Waals surface area contributed by atoms with Crippen LogP contribution in [0.4, 0.5) is 0 Å². The molecule has 1 aromatic carbocycles. The van der Waals surface area contributed by atoms with Crippen molar-refractivity contribution in [3.8, 4) is 5.75 Å². The Bertz CT molecular complexity index is 804. The number of hydrogen-bond donors (Lipinski definition) is 2. The number of carbonyl (C=O) groups excluding carboxylic acids is 1. The highest BCUT2D eigenvalue weighted by Gasteiger charge is 2.55. The van der Waals surface area contributed by atoms with E-state index in [0.717, 1.165) is 18.9 Å². The molecule has 3 aliphatic heterocycles. The maximum atomic E-state index is 12.7. The molecular formula is C17H21ClN4O2. The van der Waals surface area contributed by atoms with Gasteiger partial charge in [0.2, 0.25) is 0 Å². The van der Waals surface area contributed by atoms with Crippen LogP contribution < -0.4 is 5.32 Å². The summed E-state index contributed by atoms with van der Waals surface area (Å²) in [6.07, 6.45) is 4.69. The Morgan fingerprint density at radius 3 is 2.54 bits per heavy atom. The lowest BCUT2D eigenvalue weighted by molar-refractivity contribution is -0.150. The second kappa shape index (κ2) is 5.36. The van der Waals surface area contributed by atoms with Crippen molar-refractivity contribution >= 4 is 29.2 Å². The zero-order valence-corrected chi connectivity index (χ0v) is 14.3. The second-order valence-corrected chi connectivity index (χ2v) is 7.17. The van der Waals surface area contributed by atoms with Crippen molar-refractivity contribution in [2.24, 2.45) is 7.05 Å². The standard InChI is InChI=1S/C17H20N4O2.ClH/c1-20-16-13(3-2-4-14(16)22)15(19-20)17(23)18-9-5-10-7-12-8-11(6-9)21(10)12;/h2-4,9-12,22H,5-8H2,1H3,(H,18,23);1H.